The third-order valence-electron chi connectivity index (χ3n) is 4.87. The Kier molecular flexibility index (Phi) is 7.43. The highest BCUT2D eigenvalue weighted by Gasteiger charge is 2.18. The number of nitrogens with zero attached hydrogens (tertiary/aromatic N) is 2. The summed E-state index contributed by atoms with van der Waals surface area (Å²) in [5.41, 5.74) is 2.68. The predicted molar refractivity (Wildman–Crippen MR) is 134 cm³/mol. The van der Waals surface area contributed by atoms with Gasteiger partial charge in [0.15, 0.2) is 6.61 Å². The van der Waals surface area contributed by atoms with Crippen molar-refractivity contribution in [2.24, 2.45) is 0 Å². The van der Waals surface area contributed by atoms with Crippen LogP contribution >= 0.6 is 23.4 Å². The van der Waals surface area contributed by atoms with E-state index in [0.29, 0.717) is 38.4 Å². The van der Waals surface area contributed by atoms with Crippen molar-refractivity contribution < 1.29 is 14.3 Å². The molecule has 8 heteroatoms. The molecule has 3 aromatic carbocycles. The van der Waals surface area contributed by atoms with Gasteiger partial charge in [0.05, 0.1) is 34.3 Å². The van der Waals surface area contributed by atoms with Gasteiger partial charge in [0.1, 0.15) is 0 Å². The Balaban J connectivity index is 1.54. The lowest BCUT2D eigenvalue weighted by atomic mass is 10.0. The van der Waals surface area contributed by atoms with Gasteiger partial charge < -0.3 is 10.1 Å². The molecule has 0 aliphatic carbocycles. The van der Waals surface area contributed by atoms with Gasteiger partial charge in [-0.2, -0.15) is 5.26 Å². The minimum atomic E-state index is -0.644. The number of aromatic nitrogens is 1. The lowest BCUT2D eigenvalue weighted by molar-refractivity contribution is -0.119. The first kappa shape index (κ1) is 23.3. The van der Waals surface area contributed by atoms with Crippen molar-refractivity contribution in [3.8, 4) is 17.3 Å². The van der Waals surface area contributed by atoms with Crippen LogP contribution in [0.15, 0.2) is 83.8 Å². The molecule has 34 heavy (non-hydrogen) atoms. The van der Waals surface area contributed by atoms with Crippen molar-refractivity contribution in [1.82, 2.24) is 4.98 Å². The molecule has 168 valence electrons. The van der Waals surface area contributed by atoms with Crippen molar-refractivity contribution in [2.75, 3.05) is 17.7 Å². The molecule has 6 nitrogen and oxygen atoms in total. The number of carbonyl (C=O) groups is 2. The molecule has 0 fully saturated rings. The Hall–Kier alpha value is -3.86. The highest BCUT2D eigenvalue weighted by atomic mass is 35.5. The number of anilines is 1. The summed E-state index contributed by atoms with van der Waals surface area (Å²) < 4.78 is 5.34. The topological polar surface area (TPSA) is 92.1 Å². The molecule has 1 amide bonds. The van der Waals surface area contributed by atoms with E-state index in [-0.39, 0.29) is 5.75 Å². The van der Waals surface area contributed by atoms with Crippen LogP contribution in [-0.2, 0) is 9.53 Å². The summed E-state index contributed by atoms with van der Waals surface area (Å²) in [6, 6.07) is 25.3. The number of thioether (sulfide) groups is 1. The Labute approximate surface area is 205 Å². The fourth-order valence-corrected chi connectivity index (χ4v) is 4.25. The summed E-state index contributed by atoms with van der Waals surface area (Å²) in [6.45, 7) is -0.464. The van der Waals surface area contributed by atoms with E-state index in [1.54, 1.807) is 42.5 Å². The zero-order valence-electron chi connectivity index (χ0n) is 17.8. The fraction of sp³-hybridized carbons (Fsp3) is 0.0769. The van der Waals surface area contributed by atoms with Crippen molar-refractivity contribution in [2.45, 2.75) is 4.90 Å². The number of nitrogens with one attached hydrogen (secondary N) is 1. The number of benzene rings is 3. The van der Waals surface area contributed by atoms with Gasteiger partial charge in [-0.3, -0.25) is 4.79 Å². The lowest BCUT2D eigenvalue weighted by Crippen LogP contribution is -2.21. The average Bonchev–Trinajstić information content (AvgIpc) is 2.86. The molecule has 1 aromatic heterocycles. The van der Waals surface area contributed by atoms with Gasteiger partial charge in [-0.15, -0.1) is 11.8 Å². The third kappa shape index (κ3) is 5.37. The molecule has 0 spiro atoms. The Morgan fingerprint density at radius 3 is 2.59 bits per heavy atom. The number of rotatable bonds is 7. The third-order valence-corrected chi connectivity index (χ3v) is 6.14. The van der Waals surface area contributed by atoms with Crippen LogP contribution in [0.2, 0.25) is 5.02 Å². The van der Waals surface area contributed by atoms with Gasteiger partial charge in [0, 0.05) is 20.9 Å². The number of nitriles is 1. The molecule has 4 rings (SSSR count). The normalized spacial score (nSPS) is 10.5. The number of halogens is 1. The smallest absolute Gasteiger partial charge is 0.339 e. The van der Waals surface area contributed by atoms with Crippen LogP contribution in [0.3, 0.4) is 0 Å². The Morgan fingerprint density at radius 1 is 1.03 bits per heavy atom. The summed E-state index contributed by atoms with van der Waals surface area (Å²) in [6.07, 6.45) is 0. The van der Waals surface area contributed by atoms with Gasteiger partial charge >= 0.3 is 5.97 Å². The number of fused-ring (bicyclic) bond motifs is 1. The first-order valence-electron chi connectivity index (χ1n) is 10.3. The molecule has 1 N–H and O–H groups in total. The summed E-state index contributed by atoms with van der Waals surface area (Å²) >= 11 is 7.65. The lowest BCUT2D eigenvalue weighted by Gasteiger charge is -2.12. The maximum atomic E-state index is 13.0. The average molecular weight is 488 g/mol. The molecule has 1 heterocycles. The SMILES string of the molecule is N#CCSc1ccccc1NC(=O)COC(=O)c1cc(-c2ccccc2Cl)nc2ccccc12. The van der Waals surface area contributed by atoms with E-state index in [4.69, 9.17) is 21.6 Å². The Bertz CT molecular complexity index is 1420. The van der Waals surface area contributed by atoms with Gasteiger partial charge in [0.2, 0.25) is 0 Å². The van der Waals surface area contributed by atoms with E-state index in [1.165, 1.54) is 11.8 Å². The molecular formula is C26H18ClN3O3S. The quantitative estimate of drug-likeness (QED) is 0.255. The number of amides is 1. The van der Waals surface area contributed by atoms with Crippen molar-refractivity contribution in [3.63, 3.8) is 0 Å². The van der Waals surface area contributed by atoms with Crippen LogP contribution in [0.25, 0.3) is 22.2 Å². The maximum absolute atomic E-state index is 13.0. The summed E-state index contributed by atoms with van der Waals surface area (Å²) in [5, 5.41) is 12.7. The van der Waals surface area contributed by atoms with Crippen molar-refractivity contribution in [1.29, 1.82) is 5.26 Å². The summed E-state index contributed by atoms with van der Waals surface area (Å²) in [4.78, 5) is 30.9. The van der Waals surface area contributed by atoms with Crippen molar-refractivity contribution in [3.05, 3.63) is 89.4 Å². The van der Waals surface area contributed by atoms with E-state index >= 15 is 0 Å². The van der Waals surface area contributed by atoms with Crippen LogP contribution in [0, 0.1) is 11.3 Å². The molecule has 0 saturated heterocycles. The molecule has 0 bridgehead atoms. The monoisotopic (exact) mass is 487 g/mol. The second-order valence-electron chi connectivity index (χ2n) is 7.12. The van der Waals surface area contributed by atoms with Gasteiger partial charge in [0.25, 0.3) is 5.91 Å². The largest absolute Gasteiger partial charge is 0.452 e. The molecular weight excluding hydrogens is 470 g/mol. The van der Waals surface area contributed by atoms with Gasteiger partial charge in [-0.25, -0.2) is 9.78 Å². The number of hydrogen-bond donors (Lipinski definition) is 1. The highest BCUT2D eigenvalue weighted by molar-refractivity contribution is 7.99. The molecule has 0 radical (unpaired) electrons. The Morgan fingerprint density at radius 2 is 1.76 bits per heavy atom. The summed E-state index contributed by atoms with van der Waals surface area (Å²) in [5.74, 6) is -0.873. The zero-order chi connectivity index (χ0) is 23.9. The van der Waals surface area contributed by atoms with E-state index in [0.717, 1.165) is 4.90 Å². The molecule has 4 aromatic rings. The first-order valence-corrected chi connectivity index (χ1v) is 11.6. The van der Waals surface area contributed by atoms with E-state index in [9.17, 15) is 9.59 Å². The van der Waals surface area contributed by atoms with E-state index < -0.39 is 18.5 Å². The molecule has 0 aliphatic rings. The van der Waals surface area contributed by atoms with Crippen LogP contribution in [-0.4, -0.2) is 29.2 Å². The second kappa shape index (κ2) is 10.8. The fourth-order valence-electron chi connectivity index (χ4n) is 3.35. The van der Waals surface area contributed by atoms with Crippen LogP contribution in [0.5, 0.6) is 0 Å². The van der Waals surface area contributed by atoms with Crippen molar-refractivity contribution >= 4 is 51.8 Å². The van der Waals surface area contributed by atoms with E-state index in [2.05, 4.69) is 16.4 Å². The number of ether oxygens (including phenoxy) is 1. The van der Waals surface area contributed by atoms with Crippen LogP contribution in [0.4, 0.5) is 5.69 Å². The molecule has 0 aliphatic heterocycles. The van der Waals surface area contributed by atoms with Crippen LogP contribution < -0.4 is 5.32 Å². The first-order chi connectivity index (χ1) is 16.6. The van der Waals surface area contributed by atoms with Gasteiger partial charge in [-0.05, 0) is 30.3 Å². The van der Waals surface area contributed by atoms with Crippen LogP contribution in [0.1, 0.15) is 10.4 Å². The number of esters is 1. The standard InChI is InChI=1S/C26H18ClN3O3S/c27-20-9-3-1-8-18(20)23-15-19(17-7-2-4-10-21(17)29-23)26(32)33-16-25(31)30-22-11-5-6-12-24(22)34-14-13-28/h1-12,15H,14,16H2,(H,30,31). The summed E-state index contributed by atoms with van der Waals surface area (Å²) in [7, 11) is 0. The maximum Gasteiger partial charge on any atom is 0.339 e. The number of carbonyl (C=O) groups excluding carboxylic acids is 2. The number of para-hydroxylation sites is 2. The molecule has 0 unspecified atom stereocenters. The zero-order valence-corrected chi connectivity index (χ0v) is 19.4. The van der Waals surface area contributed by atoms with E-state index in [1.807, 2.05) is 36.4 Å². The highest BCUT2D eigenvalue weighted by Crippen LogP contribution is 2.30. The van der Waals surface area contributed by atoms with Gasteiger partial charge in [-0.1, -0.05) is 60.1 Å². The number of hydrogen-bond acceptors (Lipinski definition) is 6. The minimum absolute atomic E-state index is 0.255. The molecule has 0 saturated carbocycles. The molecule has 0 atom stereocenters. The number of pyridine rings is 1. The minimum Gasteiger partial charge on any atom is -0.452 e. The second-order valence-corrected chi connectivity index (χ2v) is 8.54. The predicted octanol–water partition coefficient (Wildman–Crippen LogP) is 5.97.